The van der Waals surface area contributed by atoms with Crippen LogP contribution in [0.3, 0.4) is 0 Å². The summed E-state index contributed by atoms with van der Waals surface area (Å²) >= 11 is 0. The Morgan fingerprint density at radius 2 is 2.33 bits per heavy atom. The summed E-state index contributed by atoms with van der Waals surface area (Å²) in [5, 5.41) is 20.0. The van der Waals surface area contributed by atoms with Crippen molar-refractivity contribution in [3.63, 3.8) is 0 Å². The molecule has 2 rings (SSSR count). The topological polar surface area (TPSA) is 75.8 Å². The SMILES string of the molecule is CN1CCOc2cc([N+](=O)[O-])c(O)cc21. The normalized spacial score (nSPS) is 14.3. The maximum absolute atomic E-state index is 10.6. The maximum atomic E-state index is 10.6. The smallest absolute Gasteiger partial charge is 0.314 e. The fourth-order valence-electron chi connectivity index (χ4n) is 1.52. The summed E-state index contributed by atoms with van der Waals surface area (Å²) in [5.41, 5.74) is 0.341. The Bertz CT molecular complexity index is 419. The maximum Gasteiger partial charge on any atom is 0.314 e. The number of hydrogen-bond acceptors (Lipinski definition) is 5. The highest BCUT2D eigenvalue weighted by atomic mass is 16.6. The van der Waals surface area contributed by atoms with Crippen LogP contribution in [0.1, 0.15) is 0 Å². The summed E-state index contributed by atoms with van der Waals surface area (Å²) in [6, 6.07) is 2.60. The van der Waals surface area contributed by atoms with Crippen molar-refractivity contribution in [3.8, 4) is 11.5 Å². The van der Waals surface area contributed by atoms with Gasteiger partial charge in [0.2, 0.25) is 0 Å². The van der Waals surface area contributed by atoms with E-state index in [1.807, 2.05) is 11.9 Å². The van der Waals surface area contributed by atoms with Gasteiger partial charge in [-0.15, -0.1) is 0 Å². The molecule has 1 aromatic rings. The third kappa shape index (κ3) is 1.54. The molecule has 1 heterocycles. The molecule has 0 bridgehead atoms. The lowest BCUT2D eigenvalue weighted by Gasteiger charge is -2.27. The van der Waals surface area contributed by atoms with E-state index < -0.39 is 4.92 Å². The van der Waals surface area contributed by atoms with Crippen LogP contribution < -0.4 is 9.64 Å². The first-order chi connectivity index (χ1) is 7.09. The third-order valence-electron chi connectivity index (χ3n) is 2.35. The molecule has 0 unspecified atom stereocenters. The number of rotatable bonds is 1. The lowest BCUT2D eigenvalue weighted by Crippen LogP contribution is -2.28. The second-order valence-electron chi connectivity index (χ2n) is 3.34. The molecule has 15 heavy (non-hydrogen) atoms. The summed E-state index contributed by atoms with van der Waals surface area (Å²) in [5.74, 6) is 0.101. The third-order valence-corrected chi connectivity index (χ3v) is 2.35. The molecule has 0 fully saturated rings. The highest BCUT2D eigenvalue weighted by Crippen LogP contribution is 2.39. The van der Waals surface area contributed by atoms with Crippen LogP contribution in [0.4, 0.5) is 11.4 Å². The van der Waals surface area contributed by atoms with Gasteiger partial charge in [-0.2, -0.15) is 0 Å². The minimum Gasteiger partial charge on any atom is -0.502 e. The molecule has 80 valence electrons. The van der Waals surface area contributed by atoms with Crippen molar-refractivity contribution < 1.29 is 14.8 Å². The largest absolute Gasteiger partial charge is 0.502 e. The lowest BCUT2D eigenvalue weighted by molar-refractivity contribution is -0.385. The molecular weight excluding hydrogens is 200 g/mol. The minimum absolute atomic E-state index is 0.330. The average molecular weight is 210 g/mol. The van der Waals surface area contributed by atoms with Crippen LogP contribution in [0.25, 0.3) is 0 Å². The van der Waals surface area contributed by atoms with Gasteiger partial charge in [0.25, 0.3) is 0 Å². The highest BCUT2D eigenvalue weighted by Gasteiger charge is 2.22. The zero-order valence-electron chi connectivity index (χ0n) is 8.14. The number of aromatic hydroxyl groups is 1. The van der Waals surface area contributed by atoms with Gasteiger partial charge < -0.3 is 14.7 Å². The predicted octanol–water partition coefficient (Wildman–Crippen LogP) is 1.13. The molecule has 1 aliphatic rings. The van der Waals surface area contributed by atoms with Crippen LogP contribution in [-0.2, 0) is 0 Å². The van der Waals surface area contributed by atoms with Gasteiger partial charge in [0.1, 0.15) is 12.4 Å². The van der Waals surface area contributed by atoms with E-state index in [9.17, 15) is 15.2 Å². The van der Waals surface area contributed by atoms with Crippen LogP contribution in [-0.4, -0.2) is 30.2 Å². The summed E-state index contributed by atoms with van der Waals surface area (Å²) in [6.45, 7) is 1.19. The number of nitrogens with zero attached hydrogens (tertiary/aromatic N) is 2. The number of hydrogen-bond donors (Lipinski definition) is 1. The number of anilines is 1. The minimum atomic E-state index is -0.631. The van der Waals surface area contributed by atoms with Gasteiger partial charge in [0, 0.05) is 13.1 Å². The lowest BCUT2D eigenvalue weighted by atomic mass is 10.2. The first kappa shape index (κ1) is 9.57. The predicted molar refractivity (Wildman–Crippen MR) is 53.5 cm³/mol. The van der Waals surface area contributed by atoms with Crippen molar-refractivity contribution in [1.82, 2.24) is 0 Å². The van der Waals surface area contributed by atoms with E-state index in [-0.39, 0.29) is 11.4 Å². The molecule has 6 heteroatoms. The first-order valence-electron chi connectivity index (χ1n) is 4.45. The number of benzene rings is 1. The van der Waals surface area contributed by atoms with Gasteiger partial charge in [0.15, 0.2) is 5.75 Å². The molecular formula is C9H10N2O4. The number of nitro groups is 1. The van der Waals surface area contributed by atoms with Crippen molar-refractivity contribution in [2.75, 3.05) is 25.1 Å². The van der Waals surface area contributed by atoms with Crippen molar-refractivity contribution in [3.05, 3.63) is 22.2 Å². The molecule has 1 aliphatic heterocycles. The monoisotopic (exact) mass is 210 g/mol. The molecule has 6 nitrogen and oxygen atoms in total. The van der Waals surface area contributed by atoms with E-state index in [1.54, 1.807) is 0 Å². The summed E-state index contributed by atoms with van der Waals surface area (Å²) in [4.78, 5) is 11.8. The molecule has 0 saturated heterocycles. The number of nitro benzene ring substituents is 1. The zero-order valence-corrected chi connectivity index (χ0v) is 8.14. The molecule has 0 amide bonds. The number of phenolic OH excluding ortho intramolecular Hbond substituents is 1. The van der Waals surface area contributed by atoms with Crippen molar-refractivity contribution >= 4 is 11.4 Å². The van der Waals surface area contributed by atoms with E-state index in [4.69, 9.17) is 4.74 Å². The Hall–Kier alpha value is -1.98. The van der Waals surface area contributed by atoms with E-state index in [2.05, 4.69) is 0 Å². The molecule has 0 atom stereocenters. The fourth-order valence-corrected chi connectivity index (χ4v) is 1.52. The van der Waals surface area contributed by atoms with Crippen molar-refractivity contribution in [2.45, 2.75) is 0 Å². The van der Waals surface area contributed by atoms with Gasteiger partial charge in [-0.1, -0.05) is 0 Å². The van der Waals surface area contributed by atoms with Crippen LogP contribution in [0.15, 0.2) is 12.1 Å². The van der Waals surface area contributed by atoms with E-state index in [1.165, 1.54) is 12.1 Å². The van der Waals surface area contributed by atoms with E-state index >= 15 is 0 Å². The molecule has 0 spiro atoms. The Kier molecular flexibility index (Phi) is 2.11. The Labute approximate surface area is 85.8 Å². The van der Waals surface area contributed by atoms with Crippen molar-refractivity contribution in [1.29, 1.82) is 0 Å². The summed E-state index contributed by atoms with van der Waals surface area (Å²) < 4.78 is 5.28. The Morgan fingerprint density at radius 1 is 1.60 bits per heavy atom. The fraction of sp³-hybridized carbons (Fsp3) is 0.333. The van der Waals surface area contributed by atoms with Gasteiger partial charge in [-0.3, -0.25) is 10.1 Å². The van der Waals surface area contributed by atoms with Gasteiger partial charge >= 0.3 is 5.69 Å². The Balaban J connectivity index is 2.54. The van der Waals surface area contributed by atoms with Gasteiger partial charge in [0.05, 0.1) is 23.2 Å². The Morgan fingerprint density at radius 3 is 3.00 bits per heavy atom. The number of likely N-dealkylation sites (N-methyl/N-ethyl adjacent to an activating group) is 1. The molecule has 0 aromatic heterocycles. The molecule has 1 aromatic carbocycles. The number of ether oxygens (including phenoxy) is 1. The number of fused-ring (bicyclic) bond motifs is 1. The van der Waals surface area contributed by atoms with Crippen LogP contribution in [0.2, 0.25) is 0 Å². The van der Waals surface area contributed by atoms with Gasteiger partial charge in [-0.05, 0) is 0 Å². The number of phenols is 1. The highest BCUT2D eigenvalue weighted by molar-refractivity contribution is 5.68. The van der Waals surface area contributed by atoms with E-state index in [0.29, 0.717) is 24.6 Å². The summed E-state index contributed by atoms with van der Waals surface area (Å²) in [6.07, 6.45) is 0. The second-order valence-corrected chi connectivity index (χ2v) is 3.34. The quantitative estimate of drug-likeness (QED) is 0.555. The van der Waals surface area contributed by atoms with Crippen LogP contribution in [0, 0.1) is 10.1 Å². The standard InChI is InChI=1S/C9H10N2O4/c1-10-2-3-15-9-5-6(11(13)14)8(12)4-7(9)10/h4-5,12H,2-3H2,1H3. The zero-order chi connectivity index (χ0) is 11.0. The van der Waals surface area contributed by atoms with E-state index in [0.717, 1.165) is 0 Å². The molecule has 1 N–H and O–H groups in total. The molecule has 0 aliphatic carbocycles. The van der Waals surface area contributed by atoms with Crippen LogP contribution >= 0.6 is 0 Å². The summed E-state index contributed by atoms with van der Waals surface area (Å²) in [7, 11) is 1.84. The first-order valence-corrected chi connectivity index (χ1v) is 4.45. The molecule has 0 radical (unpaired) electrons. The van der Waals surface area contributed by atoms with Gasteiger partial charge in [-0.25, -0.2) is 0 Å². The average Bonchev–Trinajstić information content (AvgIpc) is 2.18. The van der Waals surface area contributed by atoms with Crippen LogP contribution in [0.5, 0.6) is 11.5 Å². The molecule has 0 saturated carbocycles. The second kappa shape index (κ2) is 3.30. The van der Waals surface area contributed by atoms with Crippen molar-refractivity contribution in [2.24, 2.45) is 0 Å².